The van der Waals surface area contributed by atoms with Crippen LogP contribution < -0.4 is 15.6 Å². The van der Waals surface area contributed by atoms with E-state index in [1.165, 1.54) is 15.6 Å². The Morgan fingerprint density at radius 3 is 2.77 bits per heavy atom. The van der Waals surface area contributed by atoms with Gasteiger partial charge in [-0.1, -0.05) is 29.8 Å². The first-order valence-corrected chi connectivity index (χ1v) is 9.99. The molecule has 2 aromatic heterocycles. The second-order valence-electron chi connectivity index (χ2n) is 6.39. The standard InChI is InChI=1S/C20H15BrClN5O3/c1-26-19-17(18(21)25-26)20(29)27(11-23-19)10-16(28)24-14-9-12(22)7-8-15(14)30-13-5-3-2-4-6-13/h2-9,11H,10H2,1H3,(H,24,28). The summed E-state index contributed by atoms with van der Waals surface area (Å²) in [6.45, 7) is -0.236. The van der Waals surface area contributed by atoms with E-state index in [9.17, 15) is 9.59 Å². The van der Waals surface area contributed by atoms with Crippen molar-refractivity contribution in [3.05, 3.63) is 74.8 Å². The third-order valence-electron chi connectivity index (χ3n) is 4.27. The van der Waals surface area contributed by atoms with Crippen LogP contribution in [0.15, 0.2) is 64.3 Å². The number of nitrogens with zero attached hydrogens (tertiary/aromatic N) is 4. The molecule has 0 bridgehead atoms. The minimum atomic E-state index is -0.432. The van der Waals surface area contributed by atoms with E-state index in [2.05, 4.69) is 31.3 Å². The quantitative estimate of drug-likeness (QED) is 0.459. The SMILES string of the molecule is Cn1nc(Br)c2c(=O)n(CC(=O)Nc3cc(Cl)ccc3Oc3ccccc3)cnc21. The maximum Gasteiger partial charge on any atom is 0.266 e. The normalized spacial score (nSPS) is 10.9. The first-order chi connectivity index (χ1) is 14.4. The van der Waals surface area contributed by atoms with Gasteiger partial charge >= 0.3 is 0 Å². The largest absolute Gasteiger partial charge is 0.455 e. The Kier molecular flexibility index (Phi) is 5.56. The van der Waals surface area contributed by atoms with Crippen molar-refractivity contribution in [3.63, 3.8) is 0 Å². The Bertz CT molecular complexity index is 1300. The van der Waals surface area contributed by atoms with E-state index < -0.39 is 5.91 Å². The number of carbonyl (C=O) groups excluding carboxylic acids is 1. The Labute approximate surface area is 184 Å². The average molecular weight is 489 g/mol. The van der Waals surface area contributed by atoms with Gasteiger partial charge in [0.1, 0.15) is 28.6 Å². The maximum absolute atomic E-state index is 12.7. The molecule has 8 nitrogen and oxygen atoms in total. The summed E-state index contributed by atoms with van der Waals surface area (Å²) < 4.78 is 8.92. The zero-order valence-corrected chi connectivity index (χ0v) is 18.0. The zero-order chi connectivity index (χ0) is 21.3. The molecule has 2 heterocycles. The average Bonchev–Trinajstić information content (AvgIpc) is 3.01. The Morgan fingerprint density at radius 1 is 1.23 bits per heavy atom. The summed E-state index contributed by atoms with van der Waals surface area (Å²) in [7, 11) is 1.68. The van der Waals surface area contributed by atoms with Crippen molar-refractivity contribution in [2.45, 2.75) is 6.54 Å². The van der Waals surface area contributed by atoms with E-state index in [-0.39, 0.29) is 12.1 Å². The summed E-state index contributed by atoms with van der Waals surface area (Å²) in [6.07, 6.45) is 1.32. The van der Waals surface area contributed by atoms with Crippen molar-refractivity contribution in [2.75, 3.05) is 5.32 Å². The molecule has 0 radical (unpaired) electrons. The zero-order valence-electron chi connectivity index (χ0n) is 15.7. The Balaban J connectivity index is 1.58. The van der Waals surface area contributed by atoms with Gasteiger partial charge in [-0.25, -0.2) is 9.67 Å². The van der Waals surface area contributed by atoms with Crippen molar-refractivity contribution in [3.8, 4) is 11.5 Å². The number of rotatable bonds is 5. The van der Waals surface area contributed by atoms with Crippen LogP contribution in [0.3, 0.4) is 0 Å². The smallest absolute Gasteiger partial charge is 0.266 e. The molecule has 4 rings (SSSR count). The lowest BCUT2D eigenvalue weighted by molar-refractivity contribution is -0.116. The number of amides is 1. The number of aryl methyl sites for hydroxylation is 1. The monoisotopic (exact) mass is 487 g/mol. The second kappa shape index (κ2) is 8.29. The number of ether oxygens (including phenoxy) is 1. The molecule has 10 heteroatoms. The molecule has 0 aliphatic heterocycles. The van der Waals surface area contributed by atoms with Gasteiger partial charge in [0.05, 0.1) is 5.69 Å². The van der Waals surface area contributed by atoms with E-state index in [4.69, 9.17) is 16.3 Å². The van der Waals surface area contributed by atoms with Crippen LogP contribution in [0.5, 0.6) is 11.5 Å². The third-order valence-corrected chi connectivity index (χ3v) is 5.06. The second-order valence-corrected chi connectivity index (χ2v) is 7.58. The number of nitrogens with one attached hydrogen (secondary N) is 1. The highest BCUT2D eigenvalue weighted by Gasteiger charge is 2.16. The van der Waals surface area contributed by atoms with Gasteiger partial charge in [0, 0.05) is 12.1 Å². The maximum atomic E-state index is 12.7. The van der Waals surface area contributed by atoms with Crippen LogP contribution in [0.25, 0.3) is 11.0 Å². The minimum absolute atomic E-state index is 0.236. The summed E-state index contributed by atoms with van der Waals surface area (Å²) in [4.78, 5) is 29.6. The first kappa shape index (κ1) is 20.1. The van der Waals surface area contributed by atoms with Crippen LogP contribution in [0.4, 0.5) is 5.69 Å². The molecule has 0 atom stereocenters. The molecule has 0 aliphatic rings. The van der Waals surface area contributed by atoms with Gasteiger partial charge in [-0.15, -0.1) is 0 Å². The number of fused-ring (bicyclic) bond motifs is 1. The highest BCUT2D eigenvalue weighted by molar-refractivity contribution is 9.10. The van der Waals surface area contributed by atoms with E-state index >= 15 is 0 Å². The molecular weight excluding hydrogens is 474 g/mol. The fourth-order valence-electron chi connectivity index (χ4n) is 2.90. The van der Waals surface area contributed by atoms with Gasteiger partial charge < -0.3 is 10.1 Å². The van der Waals surface area contributed by atoms with Crippen molar-refractivity contribution >= 4 is 50.2 Å². The molecule has 0 unspecified atom stereocenters. The van der Waals surface area contributed by atoms with Crippen molar-refractivity contribution in [1.82, 2.24) is 19.3 Å². The van der Waals surface area contributed by atoms with Crippen LogP contribution in [-0.2, 0) is 18.4 Å². The number of para-hydroxylation sites is 1. The van der Waals surface area contributed by atoms with Gasteiger partial charge in [0.15, 0.2) is 11.4 Å². The number of aromatic nitrogens is 4. The summed E-state index contributed by atoms with van der Waals surface area (Å²) in [5, 5.41) is 7.62. The fraction of sp³-hybridized carbons (Fsp3) is 0.100. The summed E-state index contributed by atoms with van der Waals surface area (Å²) in [6, 6.07) is 14.1. The molecule has 1 amide bonds. The van der Waals surface area contributed by atoms with Gasteiger partial charge in [-0.05, 0) is 46.3 Å². The van der Waals surface area contributed by atoms with Crippen molar-refractivity contribution in [1.29, 1.82) is 0 Å². The van der Waals surface area contributed by atoms with Crippen LogP contribution >= 0.6 is 27.5 Å². The van der Waals surface area contributed by atoms with Crippen molar-refractivity contribution in [2.24, 2.45) is 7.05 Å². The first-order valence-electron chi connectivity index (χ1n) is 8.82. The fourth-order valence-corrected chi connectivity index (χ4v) is 3.65. The molecule has 30 heavy (non-hydrogen) atoms. The summed E-state index contributed by atoms with van der Waals surface area (Å²) in [5.74, 6) is 0.607. The predicted octanol–water partition coefficient (Wildman–Crippen LogP) is 3.98. The number of anilines is 1. The lowest BCUT2D eigenvalue weighted by Gasteiger charge is -2.13. The molecule has 0 aliphatic carbocycles. The molecule has 0 saturated heterocycles. The van der Waals surface area contributed by atoms with Crippen LogP contribution in [-0.4, -0.2) is 25.2 Å². The third kappa shape index (κ3) is 4.07. The molecule has 1 N–H and O–H groups in total. The van der Waals surface area contributed by atoms with Crippen molar-refractivity contribution < 1.29 is 9.53 Å². The molecule has 0 saturated carbocycles. The molecular formula is C20H15BrClN5O3. The highest BCUT2D eigenvalue weighted by Crippen LogP contribution is 2.32. The number of benzene rings is 2. The molecule has 152 valence electrons. The van der Waals surface area contributed by atoms with E-state index in [1.807, 2.05) is 18.2 Å². The summed E-state index contributed by atoms with van der Waals surface area (Å²) >= 11 is 9.34. The van der Waals surface area contributed by atoms with Crippen LogP contribution in [0.2, 0.25) is 5.02 Å². The Hall–Kier alpha value is -3.17. The molecule has 0 fully saturated rings. The van der Waals surface area contributed by atoms with Gasteiger partial charge in [0.2, 0.25) is 5.91 Å². The lowest BCUT2D eigenvalue weighted by atomic mass is 10.2. The number of halogens is 2. The van der Waals surface area contributed by atoms with Crippen LogP contribution in [0.1, 0.15) is 0 Å². The molecule has 0 spiro atoms. The van der Waals surface area contributed by atoms with Gasteiger partial charge in [-0.2, -0.15) is 5.10 Å². The van der Waals surface area contributed by atoms with E-state index in [0.29, 0.717) is 37.8 Å². The minimum Gasteiger partial charge on any atom is -0.455 e. The van der Waals surface area contributed by atoms with E-state index in [1.54, 1.807) is 37.4 Å². The van der Waals surface area contributed by atoms with Gasteiger partial charge in [-0.3, -0.25) is 14.2 Å². The van der Waals surface area contributed by atoms with Gasteiger partial charge in [0.25, 0.3) is 5.56 Å². The predicted molar refractivity (Wildman–Crippen MR) is 117 cm³/mol. The molecule has 4 aromatic rings. The lowest BCUT2D eigenvalue weighted by Crippen LogP contribution is -2.28. The topological polar surface area (TPSA) is 91.0 Å². The summed E-state index contributed by atoms with van der Waals surface area (Å²) in [5.41, 5.74) is 0.444. The highest BCUT2D eigenvalue weighted by atomic mass is 79.9. The molecule has 2 aromatic carbocycles. The Morgan fingerprint density at radius 2 is 2.00 bits per heavy atom. The number of hydrogen-bond donors (Lipinski definition) is 1. The number of hydrogen-bond acceptors (Lipinski definition) is 5. The number of carbonyl (C=O) groups is 1. The van der Waals surface area contributed by atoms with Crippen LogP contribution in [0, 0.1) is 0 Å². The van der Waals surface area contributed by atoms with E-state index in [0.717, 1.165) is 0 Å².